The van der Waals surface area contributed by atoms with Gasteiger partial charge in [-0.25, -0.2) is 0 Å². The summed E-state index contributed by atoms with van der Waals surface area (Å²) in [6, 6.07) is 0. The van der Waals surface area contributed by atoms with Crippen LogP contribution in [0.25, 0.3) is 0 Å². The summed E-state index contributed by atoms with van der Waals surface area (Å²) in [5.41, 5.74) is 0. The standard InChI is InChI=1S/GeHO2.Rb/c2-1-3;/h1H;/q-1;+1. The van der Waals surface area contributed by atoms with E-state index in [4.69, 9.17) is 7.91 Å². The maximum absolute atomic E-state index is 8.53. The van der Waals surface area contributed by atoms with Crippen LogP contribution in [0.15, 0.2) is 0 Å². The molecule has 0 aliphatic carbocycles. The van der Waals surface area contributed by atoms with E-state index in [0.29, 0.717) is 0 Å². The molecule has 0 saturated carbocycles. The van der Waals surface area contributed by atoms with Gasteiger partial charge in [0, 0.05) is 0 Å². The van der Waals surface area contributed by atoms with Crippen molar-refractivity contribution in [2.75, 3.05) is 0 Å². The van der Waals surface area contributed by atoms with Gasteiger partial charge in [0.05, 0.1) is 0 Å². The minimum Gasteiger partial charge on any atom is 1.00 e. The number of rotatable bonds is 0. The maximum Gasteiger partial charge on any atom is 1.00 e. The summed E-state index contributed by atoms with van der Waals surface area (Å²) in [5.74, 6) is 0. The van der Waals surface area contributed by atoms with Gasteiger partial charge in [0.1, 0.15) is 0 Å². The van der Waals surface area contributed by atoms with Crippen LogP contribution >= 0.6 is 0 Å². The van der Waals surface area contributed by atoms with Crippen molar-refractivity contribution in [3.05, 3.63) is 0 Å². The molecule has 0 heterocycles. The summed E-state index contributed by atoms with van der Waals surface area (Å²) in [6.45, 7) is 0. The zero-order valence-electron chi connectivity index (χ0n) is 2.39. The Labute approximate surface area is 79.8 Å². The summed E-state index contributed by atoms with van der Waals surface area (Å²) in [6.07, 6.45) is 0. The van der Waals surface area contributed by atoms with E-state index in [1.54, 1.807) is 0 Å². The first-order valence-corrected chi connectivity index (χ1v) is 2.45. The Kier molecular flexibility index (Phi) is 20.7. The molecule has 18 valence electrons. The van der Waals surface area contributed by atoms with Crippen LogP contribution in [0.3, 0.4) is 0 Å². The average Bonchev–Trinajstić information content (AvgIpc) is 0.918. The molecule has 0 radical (unpaired) electrons. The monoisotopic (exact) mass is 192 g/mol. The molecule has 0 saturated heterocycles. The first-order valence-electron chi connectivity index (χ1n) is 0.471. The molecule has 0 fully saturated rings. The fourth-order valence-electron chi connectivity index (χ4n) is 0. The second-order valence-electron chi connectivity index (χ2n) is 0.0962. The Bertz CT molecular complexity index is 13.5. The summed E-state index contributed by atoms with van der Waals surface area (Å²) in [5, 5.41) is 0. The fraction of sp³-hybridized carbons (Fsp3) is 0. The second kappa shape index (κ2) is 8.87. The van der Waals surface area contributed by atoms with Crippen LogP contribution in [-0.2, 0) is 3.78 Å². The second-order valence-corrected chi connectivity index (χ2v) is 0.500. The molecular weight excluding hydrogens is 190 g/mol. The van der Waals surface area contributed by atoms with Gasteiger partial charge in [0.25, 0.3) is 0 Å². The summed E-state index contributed by atoms with van der Waals surface area (Å²) in [4.78, 5) is 0. The van der Waals surface area contributed by atoms with E-state index >= 15 is 0 Å². The quantitative estimate of drug-likeness (QED) is 0.360. The van der Waals surface area contributed by atoms with Crippen LogP contribution in [0.2, 0.25) is 0 Å². The van der Waals surface area contributed by atoms with Crippen molar-refractivity contribution in [3.63, 3.8) is 0 Å². The molecule has 0 atom stereocenters. The molecule has 0 aliphatic rings. The van der Waals surface area contributed by atoms with E-state index in [0.717, 1.165) is 0 Å². The van der Waals surface area contributed by atoms with Crippen molar-refractivity contribution >= 4 is 15.7 Å². The normalized spacial score (nSPS) is 3.00. The van der Waals surface area contributed by atoms with Gasteiger partial charge in [0.15, 0.2) is 0 Å². The van der Waals surface area contributed by atoms with Crippen LogP contribution in [-0.4, -0.2) is 15.7 Å². The molecule has 4 heavy (non-hydrogen) atoms. The maximum atomic E-state index is 8.53. The fourth-order valence-corrected chi connectivity index (χ4v) is 0. The molecular formula is HGeO2Rb. The smallest absolute Gasteiger partial charge is 1.00 e. The third kappa shape index (κ3) is 9.04. The van der Waals surface area contributed by atoms with Crippen LogP contribution in [0.5, 0.6) is 0 Å². The Hall–Kier alpha value is 1.95. The zero-order valence-corrected chi connectivity index (χ0v) is 9.73. The van der Waals surface area contributed by atoms with E-state index in [2.05, 4.69) is 0 Å². The minimum atomic E-state index is -2.19. The Morgan fingerprint density at radius 1 is 1.75 bits per heavy atom. The van der Waals surface area contributed by atoms with Crippen molar-refractivity contribution in [3.8, 4) is 0 Å². The largest absolute Gasteiger partial charge is 1.00 e. The molecule has 0 aliphatic heterocycles. The third-order valence-electron chi connectivity index (χ3n) is 0. The van der Waals surface area contributed by atoms with Gasteiger partial charge in [0.2, 0.25) is 0 Å². The van der Waals surface area contributed by atoms with Gasteiger partial charge in [-0.1, -0.05) is 0 Å². The number of hydrogen-bond donors (Lipinski definition) is 0. The van der Waals surface area contributed by atoms with Crippen LogP contribution < -0.4 is 62.3 Å². The molecule has 0 bridgehead atoms. The first-order chi connectivity index (χ1) is 1.41. The van der Waals surface area contributed by atoms with Crippen LogP contribution in [0.4, 0.5) is 0 Å². The Morgan fingerprint density at radius 3 is 1.75 bits per heavy atom. The number of hydrogen-bond acceptors (Lipinski definition) is 2. The van der Waals surface area contributed by atoms with E-state index < -0.39 is 15.7 Å². The SMILES string of the molecule is [O]=[GeH][O-].[Rb+]. The van der Waals surface area contributed by atoms with Crippen molar-refractivity contribution in [2.24, 2.45) is 0 Å². The summed E-state index contributed by atoms with van der Waals surface area (Å²) in [7, 11) is 0. The molecule has 0 aromatic heterocycles. The molecule has 0 spiro atoms. The minimum absolute atomic E-state index is 0. The van der Waals surface area contributed by atoms with Gasteiger partial charge >= 0.3 is 81.8 Å². The van der Waals surface area contributed by atoms with Crippen LogP contribution in [0.1, 0.15) is 0 Å². The Balaban J connectivity index is 0. The van der Waals surface area contributed by atoms with E-state index in [1.807, 2.05) is 0 Å². The average molecular weight is 191 g/mol. The third-order valence-corrected chi connectivity index (χ3v) is 0. The van der Waals surface area contributed by atoms with Gasteiger partial charge in [-0.2, -0.15) is 0 Å². The molecule has 4 heteroatoms. The van der Waals surface area contributed by atoms with E-state index in [9.17, 15) is 0 Å². The molecule has 0 aromatic rings. The molecule has 0 amide bonds. The van der Waals surface area contributed by atoms with Gasteiger partial charge in [-0.15, -0.1) is 0 Å². The zero-order chi connectivity index (χ0) is 2.71. The Morgan fingerprint density at radius 2 is 1.75 bits per heavy atom. The predicted molar refractivity (Wildman–Crippen MR) is 7.84 cm³/mol. The topological polar surface area (TPSA) is 40.1 Å². The van der Waals surface area contributed by atoms with Crippen LogP contribution in [0, 0.1) is 0 Å². The first kappa shape index (κ1) is 9.34. The van der Waals surface area contributed by atoms with Gasteiger partial charge in [-0.3, -0.25) is 0 Å². The molecule has 0 N–H and O–H groups in total. The predicted octanol–water partition coefficient (Wildman–Crippen LogP) is -4.95. The van der Waals surface area contributed by atoms with Gasteiger partial charge < -0.3 is 0 Å². The molecule has 0 aromatic carbocycles. The van der Waals surface area contributed by atoms with Crippen molar-refractivity contribution in [1.29, 1.82) is 0 Å². The van der Waals surface area contributed by atoms with Crippen molar-refractivity contribution < 1.29 is 66.1 Å². The van der Waals surface area contributed by atoms with Crippen molar-refractivity contribution in [1.82, 2.24) is 0 Å². The molecule has 2 nitrogen and oxygen atoms in total. The van der Waals surface area contributed by atoms with Crippen molar-refractivity contribution in [2.45, 2.75) is 0 Å². The molecule has 0 rings (SSSR count). The van der Waals surface area contributed by atoms with E-state index in [-0.39, 0.29) is 58.2 Å². The van der Waals surface area contributed by atoms with Gasteiger partial charge in [-0.05, 0) is 0 Å². The summed E-state index contributed by atoms with van der Waals surface area (Å²) >= 11 is -2.19. The molecule has 0 unspecified atom stereocenters. The van der Waals surface area contributed by atoms with E-state index in [1.165, 1.54) is 0 Å². The summed E-state index contributed by atoms with van der Waals surface area (Å²) < 4.78 is 17.1.